The summed E-state index contributed by atoms with van der Waals surface area (Å²) < 4.78 is 39.9. The summed E-state index contributed by atoms with van der Waals surface area (Å²) in [5, 5.41) is 0. The minimum absolute atomic E-state index is 0.314. The van der Waals surface area contributed by atoms with Crippen LogP contribution in [-0.4, -0.2) is 30.4 Å². The molecule has 0 radical (unpaired) electrons. The fourth-order valence-corrected chi connectivity index (χ4v) is 1.96. The molecule has 0 aliphatic rings. The lowest BCUT2D eigenvalue weighted by molar-refractivity contribution is 0.0683. The zero-order chi connectivity index (χ0) is 16.2. The number of carbonyl (C=O) groups excluding carboxylic acids is 1. The maximum atomic E-state index is 13.7. The zero-order valence-electron chi connectivity index (χ0n) is 12.5. The Kier molecular flexibility index (Phi) is 5.78. The van der Waals surface area contributed by atoms with E-state index in [1.807, 2.05) is 20.8 Å². The van der Waals surface area contributed by atoms with E-state index in [2.05, 4.69) is 0 Å². The zero-order valence-corrected chi connectivity index (χ0v) is 12.5. The molecule has 3 nitrogen and oxygen atoms in total. The van der Waals surface area contributed by atoms with Crippen LogP contribution in [0.4, 0.5) is 13.2 Å². The average Bonchev–Trinajstić information content (AvgIpc) is 2.44. The van der Waals surface area contributed by atoms with Crippen LogP contribution in [0.25, 0.3) is 0 Å². The van der Waals surface area contributed by atoms with Crippen LogP contribution in [0.15, 0.2) is 12.1 Å². The minimum Gasteiger partial charge on any atom is -0.338 e. The first-order valence-electron chi connectivity index (χ1n) is 6.86. The normalized spacial score (nSPS) is 11.6. The molecular weight excluding hydrogens is 281 g/mol. The Balaban J connectivity index is 3.09. The molecule has 1 aromatic carbocycles. The van der Waals surface area contributed by atoms with Gasteiger partial charge in [-0.1, -0.05) is 20.8 Å². The Hall–Kier alpha value is -1.56. The van der Waals surface area contributed by atoms with Crippen LogP contribution in [0.5, 0.6) is 0 Å². The van der Waals surface area contributed by atoms with Crippen molar-refractivity contribution in [2.45, 2.75) is 27.2 Å². The molecule has 0 aromatic heterocycles. The monoisotopic (exact) mass is 302 g/mol. The average molecular weight is 302 g/mol. The van der Waals surface area contributed by atoms with E-state index in [1.165, 1.54) is 4.90 Å². The van der Waals surface area contributed by atoms with Gasteiger partial charge in [-0.3, -0.25) is 4.79 Å². The number of nitrogens with two attached hydrogens (primary N) is 1. The summed E-state index contributed by atoms with van der Waals surface area (Å²) in [5.41, 5.74) is 4.83. The molecule has 1 rings (SSSR count). The lowest BCUT2D eigenvalue weighted by atomic mass is 9.92. The third kappa shape index (κ3) is 4.20. The summed E-state index contributed by atoms with van der Waals surface area (Å²) in [6.07, 6.45) is 0.664. The van der Waals surface area contributed by atoms with Crippen LogP contribution in [0.3, 0.4) is 0 Å². The second kappa shape index (κ2) is 6.93. The smallest absolute Gasteiger partial charge is 0.256 e. The van der Waals surface area contributed by atoms with Crippen LogP contribution in [-0.2, 0) is 0 Å². The van der Waals surface area contributed by atoms with Crippen LogP contribution in [0.1, 0.15) is 37.6 Å². The van der Waals surface area contributed by atoms with Crippen molar-refractivity contribution < 1.29 is 18.0 Å². The van der Waals surface area contributed by atoms with Gasteiger partial charge in [0.25, 0.3) is 5.91 Å². The van der Waals surface area contributed by atoms with Crippen molar-refractivity contribution in [3.63, 3.8) is 0 Å². The molecule has 0 saturated carbocycles. The first-order chi connectivity index (χ1) is 9.73. The molecule has 1 aromatic rings. The third-order valence-electron chi connectivity index (χ3n) is 3.22. The molecule has 0 atom stereocenters. The molecule has 6 heteroatoms. The molecular formula is C15H21F3N2O. The van der Waals surface area contributed by atoms with Gasteiger partial charge in [-0.2, -0.15) is 0 Å². The van der Waals surface area contributed by atoms with Crippen LogP contribution >= 0.6 is 0 Å². The molecule has 21 heavy (non-hydrogen) atoms. The highest BCUT2D eigenvalue weighted by Gasteiger charge is 2.27. The van der Waals surface area contributed by atoms with Crippen molar-refractivity contribution in [3.05, 3.63) is 35.1 Å². The standard InChI is InChI=1S/C15H21F3N2O/c1-4-7-20(9-15(2,3)8-19)14(21)10-5-6-11(16)13(18)12(10)17/h5-6H,4,7-9,19H2,1-3H3. The Morgan fingerprint density at radius 3 is 2.38 bits per heavy atom. The number of carbonyl (C=O) groups is 1. The molecule has 0 spiro atoms. The molecule has 0 aliphatic carbocycles. The van der Waals surface area contributed by atoms with Crippen LogP contribution < -0.4 is 5.73 Å². The maximum Gasteiger partial charge on any atom is 0.256 e. The maximum absolute atomic E-state index is 13.7. The quantitative estimate of drug-likeness (QED) is 0.821. The minimum atomic E-state index is -1.63. The Bertz CT molecular complexity index is 518. The van der Waals surface area contributed by atoms with Crippen molar-refractivity contribution in [1.82, 2.24) is 4.90 Å². The summed E-state index contributed by atoms with van der Waals surface area (Å²) in [6.45, 7) is 6.68. The van der Waals surface area contributed by atoms with Crippen molar-refractivity contribution >= 4 is 5.91 Å². The van der Waals surface area contributed by atoms with Gasteiger partial charge in [0.15, 0.2) is 17.5 Å². The Morgan fingerprint density at radius 1 is 1.24 bits per heavy atom. The second-order valence-electron chi connectivity index (χ2n) is 5.82. The number of nitrogens with zero attached hydrogens (tertiary/aromatic N) is 1. The molecule has 0 saturated heterocycles. The fourth-order valence-electron chi connectivity index (χ4n) is 1.96. The molecule has 1 amide bonds. The summed E-state index contributed by atoms with van der Waals surface area (Å²) in [7, 11) is 0. The van der Waals surface area contributed by atoms with Gasteiger partial charge in [-0.05, 0) is 30.5 Å². The molecule has 0 fully saturated rings. The van der Waals surface area contributed by atoms with Gasteiger partial charge in [0.2, 0.25) is 0 Å². The highest BCUT2D eigenvalue weighted by Crippen LogP contribution is 2.20. The van der Waals surface area contributed by atoms with E-state index in [0.717, 1.165) is 12.1 Å². The fraction of sp³-hybridized carbons (Fsp3) is 0.533. The molecule has 0 heterocycles. The van der Waals surface area contributed by atoms with Gasteiger partial charge in [0, 0.05) is 13.1 Å². The predicted molar refractivity (Wildman–Crippen MR) is 75.3 cm³/mol. The Labute approximate surface area is 122 Å². The molecule has 118 valence electrons. The third-order valence-corrected chi connectivity index (χ3v) is 3.22. The highest BCUT2D eigenvalue weighted by atomic mass is 19.2. The number of halogens is 3. The van der Waals surface area contributed by atoms with Gasteiger partial charge >= 0.3 is 0 Å². The van der Waals surface area contributed by atoms with E-state index < -0.39 is 28.9 Å². The van der Waals surface area contributed by atoms with Crippen molar-refractivity contribution in [2.24, 2.45) is 11.1 Å². The summed E-state index contributed by atoms with van der Waals surface area (Å²) in [4.78, 5) is 13.8. The molecule has 0 aliphatic heterocycles. The number of hydrogen-bond acceptors (Lipinski definition) is 2. The van der Waals surface area contributed by atoms with E-state index in [-0.39, 0.29) is 5.41 Å². The van der Waals surface area contributed by atoms with E-state index in [9.17, 15) is 18.0 Å². The first kappa shape index (κ1) is 17.5. The highest BCUT2D eigenvalue weighted by molar-refractivity contribution is 5.94. The van der Waals surface area contributed by atoms with Gasteiger partial charge in [-0.15, -0.1) is 0 Å². The number of hydrogen-bond donors (Lipinski definition) is 1. The van der Waals surface area contributed by atoms with Crippen LogP contribution in [0.2, 0.25) is 0 Å². The molecule has 0 unspecified atom stereocenters. The molecule has 2 N–H and O–H groups in total. The van der Waals surface area contributed by atoms with Crippen molar-refractivity contribution in [2.75, 3.05) is 19.6 Å². The summed E-state index contributed by atoms with van der Waals surface area (Å²) in [6, 6.07) is 1.72. The van der Waals surface area contributed by atoms with Gasteiger partial charge in [-0.25, -0.2) is 13.2 Å². The SMILES string of the molecule is CCCN(CC(C)(C)CN)C(=O)c1ccc(F)c(F)c1F. The predicted octanol–water partition coefficient (Wildman–Crippen LogP) is 2.94. The second-order valence-corrected chi connectivity index (χ2v) is 5.82. The number of rotatable bonds is 6. The van der Waals surface area contributed by atoms with Gasteiger partial charge in [0.1, 0.15) is 0 Å². The van der Waals surface area contributed by atoms with E-state index in [4.69, 9.17) is 5.73 Å². The topological polar surface area (TPSA) is 46.3 Å². The summed E-state index contributed by atoms with van der Waals surface area (Å²) in [5.74, 6) is -5.05. The molecule has 0 bridgehead atoms. The van der Waals surface area contributed by atoms with E-state index in [0.29, 0.717) is 26.1 Å². The van der Waals surface area contributed by atoms with Crippen molar-refractivity contribution in [1.29, 1.82) is 0 Å². The number of amides is 1. The van der Waals surface area contributed by atoms with Crippen LogP contribution in [0, 0.1) is 22.9 Å². The van der Waals surface area contributed by atoms with E-state index in [1.54, 1.807) is 0 Å². The largest absolute Gasteiger partial charge is 0.338 e. The number of benzene rings is 1. The van der Waals surface area contributed by atoms with Gasteiger partial charge < -0.3 is 10.6 Å². The van der Waals surface area contributed by atoms with Gasteiger partial charge in [0.05, 0.1) is 5.56 Å². The lowest BCUT2D eigenvalue weighted by Gasteiger charge is -2.32. The Morgan fingerprint density at radius 2 is 1.86 bits per heavy atom. The van der Waals surface area contributed by atoms with Crippen molar-refractivity contribution in [3.8, 4) is 0 Å². The lowest BCUT2D eigenvalue weighted by Crippen LogP contribution is -2.42. The summed E-state index contributed by atoms with van der Waals surface area (Å²) >= 11 is 0. The first-order valence-corrected chi connectivity index (χ1v) is 6.86. The van der Waals surface area contributed by atoms with E-state index >= 15 is 0 Å².